The van der Waals surface area contributed by atoms with Crippen LogP contribution in [0.2, 0.25) is 5.15 Å². The van der Waals surface area contributed by atoms with Crippen molar-refractivity contribution < 1.29 is 8.42 Å². The van der Waals surface area contributed by atoms with E-state index in [-0.39, 0.29) is 21.8 Å². The van der Waals surface area contributed by atoms with Crippen molar-refractivity contribution in [2.24, 2.45) is 0 Å². The van der Waals surface area contributed by atoms with E-state index in [4.69, 9.17) is 23.1 Å². The Bertz CT molecular complexity index is 682. The molecule has 100 valence electrons. The number of sulfonamides is 1. The molecule has 0 fully saturated rings. The molecule has 0 spiro atoms. The molecule has 0 amide bonds. The van der Waals surface area contributed by atoms with Gasteiger partial charge < -0.3 is 11.5 Å². The second-order valence-corrected chi connectivity index (χ2v) is 5.68. The second kappa shape index (κ2) is 4.90. The molecule has 0 aliphatic carbocycles. The van der Waals surface area contributed by atoms with E-state index in [9.17, 15) is 8.42 Å². The summed E-state index contributed by atoms with van der Waals surface area (Å²) in [6, 6.07) is 6.98. The first-order chi connectivity index (χ1) is 8.87. The van der Waals surface area contributed by atoms with Crippen LogP contribution in [0.4, 0.5) is 17.5 Å². The molecule has 0 aliphatic rings. The number of rotatable bonds is 3. The minimum absolute atomic E-state index is 0.00525. The third kappa shape index (κ3) is 3.24. The fraction of sp³-hybridized carbons (Fsp3) is 0. The zero-order valence-electron chi connectivity index (χ0n) is 9.54. The van der Waals surface area contributed by atoms with Crippen molar-refractivity contribution in [1.29, 1.82) is 0 Å². The second-order valence-electron chi connectivity index (χ2n) is 3.61. The van der Waals surface area contributed by atoms with Gasteiger partial charge in [0.25, 0.3) is 10.0 Å². The van der Waals surface area contributed by atoms with Gasteiger partial charge in [0.2, 0.25) is 5.95 Å². The van der Waals surface area contributed by atoms with E-state index in [0.717, 1.165) is 0 Å². The van der Waals surface area contributed by atoms with Crippen LogP contribution >= 0.6 is 11.6 Å². The van der Waals surface area contributed by atoms with Crippen molar-refractivity contribution in [1.82, 2.24) is 9.97 Å². The maximum atomic E-state index is 12.0. The summed E-state index contributed by atoms with van der Waals surface area (Å²) >= 11 is 5.66. The van der Waals surface area contributed by atoms with Gasteiger partial charge in [0, 0.05) is 11.8 Å². The lowest BCUT2D eigenvalue weighted by Crippen LogP contribution is -2.14. The summed E-state index contributed by atoms with van der Waals surface area (Å²) in [6.07, 6.45) is 0. The highest BCUT2D eigenvalue weighted by atomic mass is 35.5. The van der Waals surface area contributed by atoms with Crippen molar-refractivity contribution in [2.45, 2.75) is 4.90 Å². The minimum Gasteiger partial charge on any atom is -0.399 e. The van der Waals surface area contributed by atoms with Gasteiger partial charge in [-0.1, -0.05) is 11.6 Å². The number of hydrogen-bond acceptors (Lipinski definition) is 6. The minimum atomic E-state index is -3.77. The van der Waals surface area contributed by atoms with E-state index in [1.54, 1.807) is 0 Å². The third-order valence-electron chi connectivity index (χ3n) is 2.14. The molecule has 0 atom stereocenters. The fourth-order valence-electron chi connectivity index (χ4n) is 1.33. The Hall–Kier alpha value is -2.06. The maximum Gasteiger partial charge on any atom is 0.263 e. The molecule has 0 bridgehead atoms. The highest BCUT2D eigenvalue weighted by molar-refractivity contribution is 7.92. The summed E-state index contributed by atoms with van der Waals surface area (Å²) in [4.78, 5) is 7.41. The average Bonchev–Trinajstić information content (AvgIpc) is 2.27. The Morgan fingerprint density at radius 3 is 2.32 bits per heavy atom. The van der Waals surface area contributed by atoms with Crippen LogP contribution in [0.15, 0.2) is 35.2 Å². The quantitative estimate of drug-likeness (QED) is 0.576. The van der Waals surface area contributed by atoms with Crippen LogP contribution in [0.25, 0.3) is 0 Å². The number of anilines is 3. The first-order valence-electron chi connectivity index (χ1n) is 5.05. The first kappa shape index (κ1) is 13.4. The monoisotopic (exact) mass is 299 g/mol. The number of hydrogen-bond donors (Lipinski definition) is 3. The van der Waals surface area contributed by atoms with Crippen molar-refractivity contribution in [3.8, 4) is 0 Å². The molecule has 0 unspecified atom stereocenters. The summed E-state index contributed by atoms with van der Waals surface area (Å²) in [6.45, 7) is 0. The number of aromatic nitrogens is 2. The van der Waals surface area contributed by atoms with Gasteiger partial charge in [0.1, 0.15) is 11.0 Å². The summed E-state index contributed by atoms with van der Waals surface area (Å²) < 4.78 is 26.3. The molecular weight excluding hydrogens is 290 g/mol. The van der Waals surface area contributed by atoms with E-state index in [0.29, 0.717) is 5.69 Å². The molecule has 1 heterocycles. The van der Waals surface area contributed by atoms with E-state index >= 15 is 0 Å². The molecule has 0 saturated heterocycles. The standard InChI is InChI=1S/C10H10ClN5O2S/c11-8-5-9(15-10(13)14-8)16-19(17,18)7-3-1-6(12)2-4-7/h1-5H,12H2,(H3,13,14,15,16). The summed E-state index contributed by atoms with van der Waals surface area (Å²) in [5.41, 5.74) is 11.3. The molecule has 7 nitrogen and oxygen atoms in total. The van der Waals surface area contributed by atoms with Gasteiger partial charge in [-0.15, -0.1) is 0 Å². The first-order valence-corrected chi connectivity index (χ1v) is 6.91. The Labute approximate surface area is 114 Å². The maximum absolute atomic E-state index is 12.0. The van der Waals surface area contributed by atoms with E-state index < -0.39 is 10.0 Å². The van der Waals surface area contributed by atoms with Gasteiger partial charge in [-0.3, -0.25) is 4.72 Å². The normalized spacial score (nSPS) is 11.2. The van der Waals surface area contributed by atoms with Crippen molar-refractivity contribution in [3.63, 3.8) is 0 Å². The van der Waals surface area contributed by atoms with Crippen LogP contribution in [-0.4, -0.2) is 18.4 Å². The lowest BCUT2D eigenvalue weighted by atomic mass is 10.3. The van der Waals surface area contributed by atoms with Crippen LogP contribution < -0.4 is 16.2 Å². The van der Waals surface area contributed by atoms with Crippen LogP contribution in [0.3, 0.4) is 0 Å². The summed E-state index contributed by atoms with van der Waals surface area (Å²) in [5, 5.41) is 0.0440. The zero-order chi connectivity index (χ0) is 14.0. The van der Waals surface area contributed by atoms with Crippen molar-refractivity contribution >= 4 is 39.1 Å². The Kier molecular flexibility index (Phi) is 3.45. The lowest BCUT2D eigenvalue weighted by molar-refractivity contribution is 0.601. The van der Waals surface area contributed by atoms with Crippen molar-refractivity contribution in [3.05, 3.63) is 35.5 Å². The smallest absolute Gasteiger partial charge is 0.263 e. The Morgan fingerprint density at radius 2 is 1.74 bits per heavy atom. The molecule has 1 aromatic heterocycles. The molecule has 0 radical (unpaired) electrons. The molecule has 2 aromatic rings. The molecule has 19 heavy (non-hydrogen) atoms. The third-order valence-corrected chi connectivity index (χ3v) is 3.71. The van der Waals surface area contributed by atoms with E-state index in [2.05, 4.69) is 14.7 Å². The molecule has 9 heteroatoms. The predicted molar refractivity (Wildman–Crippen MR) is 73.1 cm³/mol. The predicted octanol–water partition coefficient (Wildman–Crippen LogP) is 1.10. The molecule has 1 aromatic carbocycles. The van der Waals surface area contributed by atoms with Crippen LogP contribution in [-0.2, 0) is 10.0 Å². The highest BCUT2D eigenvalue weighted by Crippen LogP contribution is 2.18. The topological polar surface area (TPSA) is 124 Å². The Balaban J connectivity index is 2.33. The van der Waals surface area contributed by atoms with E-state index in [1.165, 1.54) is 30.3 Å². The molecular formula is C10H10ClN5O2S. The molecule has 5 N–H and O–H groups in total. The molecule has 0 saturated carbocycles. The van der Waals surface area contributed by atoms with Gasteiger partial charge in [-0.2, -0.15) is 4.98 Å². The number of benzene rings is 1. The van der Waals surface area contributed by atoms with E-state index in [1.807, 2.05) is 0 Å². The lowest BCUT2D eigenvalue weighted by Gasteiger charge is -2.08. The summed E-state index contributed by atoms with van der Waals surface area (Å²) in [5.74, 6) is -0.128. The Morgan fingerprint density at radius 1 is 1.11 bits per heavy atom. The number of nitrogen functional groups attached to an aromatic ring is 2. The number of halogens is 1. The van der Waals surface area contributed by atoms with Gasteiger partial charge in [0.05, 0.1) is 4.90 Å². The van der Waals surface area contributed by atoms with Gasteiger partial charge >= 0.3 is 0 Å². The average molecular weight is 300 g/mol. The van der Waals surface area contributed by atoms with Gasteiger partial charge in [-0.05, 0) is 24.3 Å². The SMILES string of the molecule is Nc1ccc(S(=O)(=O)Nc2cc(Cl)nc(N)n2)cc1. The number of nitrogens with two attached hydrogens (primary N) is 2. The largest absolute Gasteiger partial charge is 0.399 e. The van der Waals surface area contributed by atoms with Crippen LogP contribution in [0, 0.1) is 0 Å². The molecule has 2 rings (SSSR count). The fourth-order valence-corrected chi connectivity index (χ4v) is 2.51. The number of nitrogens with zero attached hydrogens (tertiary/aromatic N) is 2. The van der Waals surface area contributed by atoms with Crippen LogP contribution in [0.5, 0.6) is 0 Å². The van der Waals surface area contributed by atoms with Gasteiger partial charge in [0.15, 0.2) is 0 Å². The molecule has 0 aliphatic heterocycles. The summed E-state index contributed by atoms with van der Waals surface area (Å²) in [7, 11) is -3.77. The van der Waals surface area contributed by atoms with Crippen molar-refractivity contribution in [2.75, 3.05) is 16.2 Å². The zero-order valence-corrected chi connectivity index (χ0v) is 11.1. The van der Waals surface area contributed by atoms with Crippen LogP contribution in [0.1, 0.15) is 0 Å². The van der Waals surface area contributed by atoms with Gasteiger partial charge in [-0.25, -0.2) is 13.4 Å². The number of nitrogens with one attached hydrogen (secondary N) is 1. The highest BCUT2D eigenvalue weighted by Gasteiger charge is 2.15.